The molecule has 0 spiro atoms. The van der Waals surface area contributed by atoms with Crippen molar-refractivity contribution in [3.8, 4) is 0 Å². The minimum atomic E-state index is -1.01. The van der Waals surface area contributed by atoms with Crippen molar-refractivity contribution in [3.05, 3.63) is 39.9 Å². The predicted molar refractivity (Wildman–Crippen MR) is 92.6 cm³/mol. The monoisotopic (exact) mass is 362 g/mol. The highest BCUT2D eigenvalue weighted by atomic mass is 16.6. The number of hydrogen-bond acceptors (Lipinski definition) is 5. The molecule has 1 aliphatic heterocycles. The Morgan fingerprint density at radius 1 is 1.19 bits per heavy atom. The van der Waals surface area contributed by atoms with E-state index in [1.165, 1.54) is 11.0 Å². The number of nitro groups is 1. The number of Topliss-reactive ketones (excluding diaryl/α,β-unsaturated/α-hetero) is 1. The molecule has 1 amide bonds. The summed E-state index contributed by atoms with van der Waals surface area (Å²) in [6, 6.07) is 5.64. The van der Waals surface area contributed by atoms with Crippen LogP contribution in [-0.4, -0.2) is 45.2 Å². The molecule has 2 rings (SSSR count). The van der Waals surface area contributed by atoms with Crippen LogP contribution in [0.4, 0.5) is 5.69 Å². The van der Waals surface area contributed by atoms with Crippen molar-refractivity contribution >= 4 is 23.3 Å². The normalized spacial score (nSPS) is 16.5. The molecule has 1 N–H and O–H groups in total. The number of para-hydroxylation sites is 1. The number of carboxylic acids is 1. The maximum atomic E-state index is 12.1. The molecule has 1 aromatic carbocycles. The van der Waals surface area contributed by atoms with Gasteiger partial charge >= 0.3 is 5.97 Å². The summed E-state index contributed by atoms with van der Waals surface area (Å²) < 4.78 is 0. The molecule has 0 radical (unpaired) electrons. The van der Waals surface area contributed by atoms with Gasteiger partial charge in [-0.1, -0.05) is 18.2 Å². The van der Waals surface area contributed by atoms with Crippen LogP contribution in [0.15, 0.2) is 24.3 Å². The van der Waals surface area contributed by atoms with Crippen molar-refractivity contribution in [3.63, 3.8) is 0 Å². The lowest BCUT2D eigenvalue weighted by molar-refractivity contribution is -0.385. The third kappa shape index (κ3) is 5.11. The molecule has 1 saturated heterocycles. The minimum absolute atomic E-state index is 0.00803. The second-order valence-corrected chi connectivity index (χ2v) is 6.36. The van der Waals surface area contributed by atoms with E-state index in [1.807, 2.05) is 0 Å². The van der Waals surface area contributed by atoms with Crippen molar-refractivity contribution in [2.24, 2.45) is 0 Å². The number of rotatable bonds is 9. The molecule has 0 aliphatic carbocycles. The van der Waals surface area contributed by atoms with E-state index in [4.69, 9.17) is 5.11 Å². The fraction of sp³-hybridized carbons (Fsp3) is 0.500. The molecular formula is C18H22N2O6. The molecule has 1 atom stereocenters. The Bertz CT molecular complexity index is 703. The summed E-state index contributed by atoms with van der Waals surface area (Å²) in [4.78, 5) is 47.0. The molecule has 0 bridgehead atoms. The van der Waals surface area contributed by atoms with Gasteiger partial charge in [-0.25, -0.2) is 4.79 Å². The molecule has 8 nitrogen and oxygen atoms in total. The van der Waals surface area contributed by atoms with E-state index in [2.05, 4.69) is 0 Å². The molecule has 1 heterocycles. The highest BCUT2D eigenvalue weighted by molar-refractivity contribution is 5.88. The lowest BCUT2D eigenvalue weighted by atomic mass is 10.0. The Morgan fingerprint density at radius 3 is 2.62 bits per heavy atom. The number of carboxylic acid groups (broad SMARTS) is 1. The van der Waals surface area contributed by atoms with Crippen molar-refractivity contribution in [2.75, 3.05) is 6.54 Å². The molecule has 140 valence electrons. The van der Waals surface area contributed by atoms with E-state index in [1.54, 1.807) is 18.2 Å². The molecule has 26 heavy (non-hydrogen) atoms. The number of carbonyl (C=O) groups is 3. The summed E-state index contributed by atoms with van der Waals surface area (Å²) in [6.07, 6.45) is 2.31. The first-order chi connectivity index (χ1) is 12.4. The van der Waals surface area contributed by atoms with Gasteiger partial charge < -0.3 is 10.0 Å². The topological polar surface area (TPSA) is 118 Å². The van der Waals surface area contributed by atoms with E-state index >= 15 is 0 Å². The summed E-state index contributed by atoms with van der Waals surface area (Å²) in [5.74, 6) is -1.41. The first-order valence-electron chi connectivity index (χ1n) is 8.66. The second kappa shape index (κ2) is 9.07. The average Bonchev–Trinajstić information content (AvgIpc) is 3.10. The molecule has 0 unspecified atom stereocenters. The summed E-state index contributed by atoms with van der Waals surface area (Å²) in [5.41, 5.74) is 0.631. The first-order valence-corrected chi connectivity index (χ1v) is 8.66. The Morgan fingerprint density at radius 2 is 1.92 bits per heavy atom. The Labute approximate surface area is 150 Å². The fourth-order valence-electron chi connectivity index (χ4n) is 3.21. The van der Waals surface area contributed by atoms with E-state index in [0.717, 1.165) is 0 Å². The van der Waals surface area contributed by atoms with Crippen LogP contribution >= 0.6 is 0 Å². The zero-order valence-corrected chi connectivity index (χ0v) is 14.4. The van der Waals surface area contributed by atoms with Crippen LogP contribution < -0.4 is 0 Å². The highest BCUT2D eigenvalue weighted by Gasteiger charge is 2.33. The summed E-state index contributed by atoms with van der Waals surface area (Å²) in [6.45, 7) is 0.418. The van der Waals surface area contributed by atoms with E-state index in [-0.39, 0.29) is 36.6 Å². The molecule has 8 heteroatoms. The van der Waals surface area contributed by atoms with Crippen LogP contribution in [-0.2, 0) is 20.8 Å². The third-order valence-corrected chi connectivity index (χ3v) is 4.57. The molecule has 1 aliphatic rings. The van der Waals surface area contributed by atoms with Crippen molar-refractivity contribution < 1.29 is 24.4 Å². The van der Waals surface area contributed by atoms with E-state index in [9.17, 15) is 24.5 Å². The number of amides is 1. The van der Waals surface area contributed by atoms with Gasteiger partial charge in [-0.3, -0.25) is 19.7 Å². The van der Waals surface area contributed by atoms with Gasteiger partial charge in [0.05, 0.1) is 4.92 Å². The maximum Gasteiger partial charge on any atom is 0.326 e. The number of aryl methyl sites for hydroxylation is 1. The Kier molecular flexibility index (Phi) is 6.82. The summed E-state index contributed by atoms with van der Waals surface area (Å²) in [7, 11) is 0. The largest absolute Gasteiger partial charge is 0.480 e. The molecule has 1 fully saturated rings. The zero-order chi connectivity index (χ0) is 19.1. The molecule has 0 saturated carbocycles. The van der Waals surface area contributed by atoms with Crippen molar-refractivity contribution in [1.82, 2.24) is 4.90 Å². The van der Waals surface area contributed by atoms with Crippen LogP contribution in [0.3, 0.4) is 0 Å². The van der Waals surface area contributed by atoms with Gasteiger partial charge in [0.1, 0.15) is 11.8 Å². The van der Waals surface area contributed by atoms with E-state index in [0.29, 0.717) is 37.8 Å². The van der Waals surface area contributed by atoms with Crippen LogP contribution in [0.2, 0.25) is 0 Å². The van der Waals surface area contributed by atoms with Gasteiger partial charge in [-0.15, -0.1) is 0 Å². The third-order valence-electron chi connectivity index (χ3n) is 4.57. The van der Waals surface area contributed by atoms with E-state index < -0.39 is 16.9 Å². The second-order valence-electron chi connectivity index (χ2n) is 6.36. The fourth-order valence-corrected chi connectivity index (χ4v) is 3.21. The van der Waals surface area contributed by atoms with Gasteiger partial charge in [0.25, 0.3) is 5.69 Å². The average molecular weight is 362 g/mol. The van der Waals surface area contributed by atoms with Gasteiger partial charge in [0.2, 0.25) is 5.91 Å². The standard InChI is InChI=1S/C18H22N2O6/c21-14(7-3-6-13-5-1-2-8-15(13)20(25)26)10-11-17(22)19-12-4-9-16(19)18(23)24/h1-2,5,8,16H,3-4,6-7,9-12H2,(H,23,24)/t16-/m0/s1. The number of aliphatic carboxylic acids is 1. The lowest BCUT2D eigenvalue weighted by Crippen LogP contribution is -2.40. The van der Waals surface area contributed by atoms with Crippen LogP contribution in [0, 0.1) is 10.1 Å². The number of benzene rings is 1. The summed E-state index contributed by atoms with van der Waals surface area (Å²) >= 11 is 0. The quantitative estimate of drug-likeness (QED) is 0.532. The minimum Gasteiger partial charge on any atom is -0.480 e. The van der Waals surface area contributed by atoms with Gasteiger partial charge in [-0.05, 0) is 25.7 Å². The lowest BCUT2D eigenvalue weighted by Gasteiger charge is -2.21. The summed E-state index contributed by atoms with van der Waals surface area (Å²) in [5, 5.41) is 20.0. The predicted octanol–water partition coefficient (Wildman–Crippen LogP) is 2.34. The number of likely N-dealkylation sites (tertiary alicyclic amines) is 1. The number of nitrogens with zero attached hydrogens (tertiary/aromatic N) is 2. The first kappa shape index (κ1) is 19.6. The van der Waals surface area contributed by atoms with Crippen LogP contribution in [0.5, 0.6) is 0 Å². The molecular weight excluding hydrogens is 340 g/mol. The smallest absolute Gasteiger partial charge is 0.326 e. The number of carbonyl (C=O) groups excluding carboxylic acids is 2. The zero-order valence-electron chi connectivity index (χ0n) is 14.4. The number of nitro benzene ring substituents is 1. The molecule has 1 aromatic rings. The van der Waals surface area contributed by atoms with Crippen LogP contribution in [0.25, 0.3) is 0 Å². The van der Waals surface area contributed by atoms with Gasteiger partial charge in [0, 0.05) is 37.4 Å². The molecule has 0 aromatic heterocycles. The highest BCUT2D eigenvalue weighted by Crippen LogP contribution is 2.21. The maximum absolute atomic E-state index is 12.1. The van der Waals surface area contributed by atoms with Crippen molar-refractivity contribution in [1.29, 1.82) is 0 Å². The Hall–Kier alpha value is -2.77. The van der Waals surface area contributed by atoms with Crippen molar-refractivity contribution in [2.45, 2.75) is 51.0 Å². The Balaban J connectivity index is 1.75. The van der Waals surface area contributed by atoms with Crippen LogP contribution in [0.1, 0.15) is 44.1 Å². The number of ketones is 1. The van der Waals surface area contributed by atoms with Gasteiger partial charge in [0.15, 0.2) is 0 Å². The number of hydrogen-bond donors (Lipinski definition) is 1. The SMILES string of the molecule is O=C(CCCc1ccccc1[N+](=O)[O-])CCC(=O)N1CCC[C@H]1C(=O)O. The van der Waals surface area contributed by atoms with Gasteiger partial charge in [-0.2, -0.15) is 0 Å².